The van der Waals surface area contributed by atoms with E-state index in [2.05, 4.69) is 19.9 Å². The number of anilines is 1. The second-order valence-electron chi connectivity index (χ2n) is 3.65. The van der Waals surface area contributed by atoms with Gasteiger partial charge in [-0.2, -0.15) is 0 Å². The minimum absolute atomic E-state index is 0.179. The largest absolute Gasteiger partial charge is 0.388 e. The van der Waals surface area contributed by atoms with Crippen molar-refractivity contribution in [3.63, 3.8) is 0 Å². The van der Waals surface area contributed by atoms with E-state index >= 15 is 0 Å². The molecule has 0 bridgehead atoms. The molecule has 0 spiro atoms. The fourth-order valence-electron chi connectivity index (χ4n) is 1.66. The van der Waals surface area contributed by atoms with Gasteiger partial charge in [-0.15, -0.1) is 0 Å². The highest BCUT2D eigenvalue weighted by atomic mass is 15.2. The highest BCUT2D eigenvalue weighted by molar-refractivity contribution is 5.83. The molecule has 7 heteroatoms. The van der Waals surface area contributed by atoms with Crippen LogP contribution in [-0.4, -0.2) is 38.9 Å². The maximum absolute atomic E-state index is 7.26. The number of fused-ring (bicyclic) bond motifs is 1. The number of hydrogen-bond donors (Lipinski definition) is 3. The molecule has 0 amide bonds. The number of amidine groups is 1. The Labute approximate surface area is 98.6 Å². The summed E-state index contributed by atoms with van der Waals surface area (Å²) in [6, 6.07) is 0. The Bertz CT molecular complexity index is 518. The van der Waals surface area contributed by atoms with Crippen molar-refractivity contribution in [3.05, 3.63) is 12.7 Å². The van der Waals surface area contributed by atoms with Gasteiger partial charge in [0.05, 0.1) is 12.2 Å². The topological polar surface area (TPSA) is 108 Å². The van der Waals surface area contributed by atoms with Gasteiger partial charge in [0.15, 0.2) is 11.5 Å². The molecule has 0 unspecified atom stereocenters. The van der Waals surface area contributed by atoms with Crippen molar-refractivity contribution in [2.24, 2.45) is 5.73 Å². The lowest BCUT2D eigenvalue weighted by Crippen LogP contribution is -2.28. The Morgan fingerprint density at radius 3 is 3.00 bits per heavy atom. The van der Waals surface area contributed by atoms with Crippen LogP contribution in [-0.2, 0) is 0 Å². The van der Waals surface area contributed by atoms with Crippen LogP contribution >= 0.6 is 0 Å². The maximum atomic E-state index is 7.26. The molecule has 0 aliphatic heterocycles. The van der Waals surface area contributed by atoms with Gasteiger partial charge in [-0.1, -0.05) is 0 Å². The first-order valence-corrected chi connectivity index (χ1v) is 5.44. The first-order chi connectivity index (χ1) is 8.22. The van der Waals surface area contributed by atoms with Crippen LogP contribution in [0.5, 0.6) is 0 Å². The zero-order valence-electron chi connectivity index (χ0n) is 9.64. The predicted molar refractivity (Wildman–Crippen MR) is 66.1 cm³/mol. The summed E-state index contributed by atoms with van der Waals surface area (Å²) >= 11 is 0. The SMILES string of the molecule is CCN(CCC(=N)N)c1ncnc2nc[nH]c12. The van der Waals surface area contributed by atoms with E-state index in [0.717, 1.165) is 17.9 Å². The number of imidazole rings is 1. The molecule has 2 aromatic heterocycles. The van der Waals surface area contributed by atoms with Gasteiger partial charge < -0.3 is 15.6 Å². The van der Waals surface area contributed by atoms with Crippen LogP contribution in [0.25, 0.3) is 11.2 Å². The average molecular weight is 233 g/mol. The molecule has 0 aromatic carbocycles. The predicted octanol–water partition coefficient (Wildman–Crippen LogP) is 0.505. The van der Waals surface area contributed by atoms with Gasteiger partial charge in [-0.25, -0.2) is 15.0 Å². The number of nitrogens with zero attached hydrogens (tertiary/aromatic N) is 4. The molecule has 0 atom stereocenters. The van der Waals surface area contributed by atoms with E-state index in [0.29, 0.717) is 18.6 Å². The lowest BCUT2D eigenvalue weighted by Gasteiger charge is -2.21. The van der Waals surface area contributed by atoms with E-state index < -0.39 is 0 Å². The van der Waals surface area contributed by atoms with Crippen LogP contribution in [0.4, 0.5) is 5.82 Å². The maximum Gasteiger partial charge on any atom is 0.182 e. The normalized spacial score (nSPS) is 10.6. The highest BCUT2D eigenvalue weighted by Gasteiger charge is 2.12. The summed E-state index contributed by atoms with van der Waals surface area (Å²) in [4.78, 5) is 17.5. The van der Waals surface area contributed by atoms with Crippen molar-refractivity contribution in [2.75, 3.05) is 18.0 Å². The summed E-state index contributed by atoms with van der Waals surface area (Å²) in [7, 11) is 0. The highest BCUT2D eigenvalue weighted by Crippen LogP contribution is 2.19. The van der Waals surface area contributed by atoms with Gasteiger partial charge in [-0.3, -0.25) is 5.41 Å². The molecule has 2 aromatic rings. The van der Waals surface area contributed by atoms with E-state index in [-0.39, 0.29) is 5.84 Å². The molecule has 0 radical (unpaired) electrons. The molecule has 0 saturated heterocycles. The lowest BCUT2D eigenvalue weighted by molar-refractivity contribution is 0.816. The third-order valence-electron chi connectivity index (χ3n) is 2.54. The van der Waals surface area contributed by atoms with Crippen LogP contribution in [0.2, 0.25) is 0 Å². The van der Waals surface area contributed by atoms with Crippen LogP contribution in [0, 0.1) is 5.41 Å². The van der Waals surface area contributed by atoms with Crippen molar-refractivity contribution in [1.29, 1.82) is 5.41 Å². The molecule has 17 heavy (non-hydrogen) atoms. The van der Waals surface area contributed by atoms with Crippen LogP contribution < -0.4 is 10.6 Å². The summed E-state index contributed by atoms with van der Waals surface area (Å²) in [5.41, 5.74) is 6.84. The fraction of sp³-hybridized carbons (Fsp3) is 0.400. The lowest BCUT2D eigenvalue weighted by atomic mass is 10.3. The molecule has 2 rings (SSSR count). The first kappa shape index (κ1) is 11.3. The van der Waals surface area contributed by atoms with Crippen molar-refractivity contribution in [1.82, 2.24) is 19.9 Å². The van der Waals surface area contributed by atoms with Crippen molar-refractivity contribution < 1.29 is 0 Å². The molecule has 0 aliphatic rings. The van der Waals surface area contributed by atoms with Crippen molar-refractivity contribution in [2.45, 2.75) is 13.3 Å². The summed E-state index contributed by atoms with van der Waals surface area (Å²) < 4.78 is 0. The number of aromatic nitrogens is 4. The van der Waals surface area contributed by atoms with Gasteiger partial charge >= 0.3 is 0 Å². The molecule has 0 aliphatic carbocycles. The third-order valence-corrected chi connectivity index (χ3v) is 2.54. The molecule has 4 N–H and O–H groups in total. The number of nitrogens with one attached hydrogen (secondary N) is 2. The summed E-state index contributed by atoms with van der Waals surface area (Å²) in [6.45, 7) is 3.49. The van der Waals surface area contributed by atoms with Gasteiger partial charge in [0, 0.05) is 19.5 Å². The molecular weight excluding hydrogens is 218 g/mol. The Morgan fingerprint density at radius 1 is 1.47 bits per heavy atom. The minimum Gasteiger partial charge on any atom is -0.388 e. The van der Waals surface area contributed by atoms with Crippen molar-refractivity contribution >= 4 is 22.8 Å². The molecule has 7 nitrogen and oxygen atoms in total. The number of H-pyrrole nitrogens is 1. The van der Waals surface area contributed by atoms with E-state index in [1.54, 1.807) is 6.33 Å². The Hall–Kier alpha value is -2.18. The number of nitrogens with two attached hydrogens (primary N) is 1. The van der Waals surface area contributed by atoms with Crippen LogP contribution in [0.3, 0.4) is 0 Å². The van der Waals surface area contributed by atoms with Gasteiger partial charge in [0.2, 0.25) is 0 Å². The average Bonchev–Trinajstić information content (AvgIpc) is 2.78. The molecule has 0 fully saturated rings. The third kappa shape index (κ3) is 2.32. The second kappa shape index (κ2) is 4.77. The molecule has 2 heterocycles. The Morgan fingerprint density at radius 2 is 2.29 bits per heavy atom. The number of rotatable bonds is 5. The molecule has 90 valence electrons. The Kier molecular flexibility index (Phi) is 3.17. The van der Waals surface area contributed by atoms with Gasteiger partial charge in [0.25, 0.3) is 0 Å². The fourth-order valence-corrected chi connectivity index (χ4v) is 1.66. The first-order valence-electron chi connectivity index (χ1n) is 5.44. The summed E-state index contributed by atoms with van der Waals surface area (Å²) in [5, 5.41) is 7.26. The van der Waals surface area contributed by atoms with E-state index in [9.17, 15) is 0 Å². The number of hydrogen-bond acceptors (Lipinski definition) is 5. The minimum atomic E-state index is 0.179. The van der Waals surface area contributed by atoms with E-state index in [1.165, 1.54) is 6.33 Å². The van der Waals surface area contributed by atoms with Gasteiger partial charge in [0.1, 0.15) is 11.8 Å². The summed E-state index contributed by atoms with van der Waals surface area (Å²) in [5.74, 6) is 0.981. The zero-order chi connectivity index (χ0) is 12.3. The van der Waals surface area contributed by atoms with Crippen molar-refractivity contribution in [3.8, 4) is 0 Å². The summed E-state index contributed by atoms with van der Waals surface area (Å²) in [6.07, 6.45) is 3.62. The second-order valence-corrected chi connectivity index (χ2v) is 3.65. The van der Waals surface area contributed by atoms with Crippen LogP contribution in [0.1, 0.15) is 13.3 Å². The smallest absolute Gasteiger partial charge is 0.182 e. The Balaban J connectivity index is 2.29. The molecular formula is C10H15N7. The molecule has 0 saturated carbocycles. The van der Waals surface area contributed by atoms with Crippen LogP contribution in [0.15, 0.2) is 12.7 Å². The monoisotopic (exact) mass is 233 g/mol. The zero-order valence-corrected chi connectivity index (χ0v) is 9.64. The van der Waals surface area contributed by atoms with E-state index in [1.807, 2.05) is 11.8 Å². The van der Waals surface area contributed by atoms with E-state index in [4.69, 9.17) is 11.1 Å². The number of aromatic amines is 1. The van der Waals surface area contributed by atoms with Gasteiger partial charge in [-0.05, 0) is 6.92 Å². The quantitative estimate of drug-likeness (QED) is 0.515. The standard InChI is InChI=1S/C10H15N7/c1-2-17(4-3-7(11)12)10-8-9(14-5-13-8)15-6-16-10/h5-6H,2-4H2,1H3,(H3,11,12)(H,13,14,15,16).